The fourth-order valence-electron chi connectivity index (χ4n) is 3.89. The zero-order chi connectivity index (χ0) is 20.8. The van der Waals surface area contributed by atoms with E-state index in [0.717, 1.165) is 36.7 Å². The summed E-state index contributed by atoms with van der Waals surface area (Å²) in [6, 6.07) is 8.18. The van der Waals surface area contributed by atoms with Crippen molar-refractivity contribution >= 4 is 5.69 Å². The Morgan fingerprint density at radius 3 is 2.69 bits per heavy atom. The molecule has 158 valence electrons. The number of nitrogens with zero attached hydrogens (tertiary/aromatic N) is 3. The van der Waals surface area contributed by atoms with Gasteiger partial charge in [-0.25, -0.2) is 9.97 Å². The largest absolute Gasteiger partial charge is 0.491 e. The molecule has 1 N–H and O–H groups in total. The molecule has 1 saturated heterocycles. The Hall–Kier alpha value is -2.54. The SMILES string of the molecule is COc1cc(NCC2CCCN([C@@H](C)c3ccc(OC)c(OC)n3)C2)cc(C)n1. The Morgan fingerprint density at radius 2 is 1.97 bits per heavy atom. The molecule has 2 atom stereocenters. The second-order valence-electron chi connectivity index (χ2n) is 7.55. The summed E-state index contributed by atoms with van der Waals surface area (Å²) < 4.78 is 16.0. The minimum atomic E-state index is 0.223. The van der Waals surface area contributed by atoms with Crippen molar-refractivity contribution in [2.75, 3.05) is 46.3 Å². The average Bonchev–Trinajstić information content (AvgIpc) is 2.76. The van der Waals surface area contributed by atoms with Gasteiger partial charge >= 0.3 is 0 Å². The van der Waals surface area contributed by atoms with Crippen LogP contribution in [0.4, 0.5) is 5.69 Å². The van der Waals surface area contributed by atoms with E-state index in [9.17, 15) is 0 Å². The summed E-state index contributed by atoms with van der Waals surface area (Å²) in [6.07, 6.45) is 2.40. The van der Waals surface area contributed by atoms with Gasteiger partial charge in [0.25, 0.3) is 5.88 Å². The molecule has 3 rings (SSSR count). The van der Waals surface area contributed by atoms with E-state index in [0.29, 0.717) is 23.4 Å². The molecule has 29 heavy (non-hydrogen) atoms. The van der Waals surface area contributed by atoms with Gasteiger partial charge in [-0.05, 0) is 57.4 Å². The Morgan fingerprint density at radius 1 is 1.14 bits per heavy atom. The fraction of sp³-hybridized carbons (Fsp3) is 0.545. The van der Waals surface area contributed by atoms with Crippen LogP contribution in [0.15, 0.2) is 24.3 Å². The highest BCUT2D eigenvalue weighted by Gasteiger charge is 2.25. The van der Waals surface area contributed by atoms with Crippen LogP contribution in [0.5, 0.6) is 17.5 Å². The maximum atomic E-state index is 5.37. The van der Waals surface area contributed by atoms with Gasteiger partial charge in [0, 0.05) is 36.6 Å². The molecular weight excluding hydrogens is 368 g/mol. The summed E-state index contributed by atoms with van der Waals surface area (Å²) in [5, 5.41) is 3.56. The second-order valence-corrected chi connectivity index (χ2v) is 7.55. The summed E-state index contributed by atoms with van der Waals surface area (Å²) in [6.45, 7) is 7.23. The lowest BCUT2D eigenvalue weighted by molar-refractivity contribution is 0.133. The number of methoxy groups -OCH3 is 3. The first kappa shape index (κ1) is 21.2. The van der Waals surface area contributed by atoms with Gasteiger partial charge in [0.15, 0.2) is 5.75 Å². The molecule has 2 aromatic rings. The lowest BCUT2D eigenvalue weighted by atomic mass is 9.96. The van der Waals surface area contributed by atoms with Gasteiger partial charge in [-0.1, -0.05) is 0 Å². The van der Waals surface area contributed by atoms with E-state index in [1.165, 1.54) is 12.8 Å². The molecule has 1 fully saturated rings. The van der Waals surface area contributed by atoms with Crippen LogP contribution in [0.2, 0.25) is 0 Å². The molecule has 0 aliphatic carbocycles. The second kappa shape index (κ2) is 9.78. The maximum Gasteiger partial charge on any atom is 0.257 e. The van der Waals surface area contributed by atoms with Crippen molar-refractivity contribution in [1.82, 2.24) is 14.9 Å². The molecular formula is C22H32N4O3. The van der Waals surface area contributed by atoms with Gasteiger partial charge < -0.3 is 19.5 Å². The number of anilines is 1. The molecule has 0 radical (unpaired) electrons. The van der Waals surface area contributed by atoms with Gasteiger partial charge in [0.2, 0.25) is 5.88 Å². The lowest BCUT2D eigenvalue weighted by Gasteiger charge is -2.36. The first-order chi connectivity index (χ1) is 14.0. The van der Waals surface area contributed by atoms with Gasteiger partial charge in [-0.2, -0.15) is 0 Å². The normalized spacial score (nSPS) is 18.2. The smallest absolute Gasteiger partial charge is 0.257 e. The van der Waals surface area contributed by atoms with Crippen LogP contribution in [0.3, 0.4) is 0 Å². The van der Waals surface area contributed by atoms with Gasteiger partial charge in [-0.15, -0.1) is 0 Å². The van der Waals surface area contributed by atoms with Crippen LogP contribution in [0.1, 0.15) is 37.2 Å². The van der Waals surface area contributed by atoms with E-state index in [4.69, 9.17) is 14.2 Å². The lowest BCUT2D eigenvalue weighted by Crippen LogP contribution is -2.39. The summed E-state index contributed by atoms with van der Waals surface area (Å²) in [5.74, 6) is 2.41. The topological polar surface area (TPSA) is 68.7 Å². The van der Waals surface area contributed by atoms with Crippen molar-refractivity contribution in [3.8, 4) is 17.5 Å². The highest BCUT2D eigenvalue weighted by atomic mass is 16.5. The molecule has 1 unspecified atom stereocenters. The summed E-state index contributed by atoms with van der Waals surface area (Å²) >= 11 is 0. The number of pyridine rings is 2. The third-order valence-corrected chi connectivity index (χ3v) is 5.52. The number of ether oxygens (including phenoxy) is 3. The number of aromatic nitrogens is 2. The molecule has 7 heteroatoms. The molecule has 1 aliphatic rings. The van der Waals surface area contributed by atoms with Crippen molar-refractivity contribution in [3.05, 3.63) is 35.7 Å². The number of nitrogens with one attached hydrogen (secondary N) is 1. The van der Waals surface area contributed by atoms with E-state index in [1.54, 1.807) is 21.3 Å². The summed E-state index contributed by atoms with van der Waals surface area (Å²) in [5.41, 5.74) is 3.01. The van der Waals surface area contributed by atoms with E-state index in [1.807, 2.05) is 25.1 Å². The first-order valence-electron chi connectivity index (χ1n) is 10.1. The molecule has 7 nitrogen and oxygen atoms in total. The predicted molar refractivity (Wildman–Crippen MR) is 114 cm³/mol. The Bertz CT molecular complexity index is 815. The number of hydrogen-bond acceptors (Lipinski definition) is 7. The van der Waals surface area contributed by atoms with Crippen LogP contribution < -0.4 is 19.5 Å². The number of hydrogen-bond donors (Lipinski definition) is 1. The average molecular weight is 401 g/mol. The zero-order valence-electron chi connectivity index (χ0n) is 18.1. The molecule has 0 saturated carbocycles. The zero-order valence-corrected chi connectivity index (χ0v) is 18.1. The van der Waals surface area contributed by atoms with Crippen LogP contribution >= 0.6 is 0 Å². The Balaban J connectivity index is 1.62. The first-order valence-corrected chi connectivity index (χ1v) is 10.1. The van der Waals surface area contributed by atoms with E-state index < -0.39 is 0 Å². The van der Waals surface area contributed by atoms with Gasteiger partial charge in [0.1, 0.15) is 0 Å². The molecule has 0 amide bonds. The van der Waals surface area contributed by atoms with E-state index in [-0.39, 0.29) is 6.04 Å². The monoisotopic (exact) mass is 400 g/mol. The van der Waals surface area contributed by atoms with Crippen LogP contribution in [0.25, 0.3) is 0 Å². The van der Waals surface area contributed by atoms with Crippen molar-refractivity contribution < 1.29 is 14.2 Å². The number of aryl methyl sites for hydroxylation is 1. The molecule has 0 bridgehead atoms. The maximum absolute atomic E-state index is 5.37. The van der Waals surface area contributed by atoms with Crippen LogP contribution in [0, 0.1) is 12.8 Å². The van der Waals surface area contributed by atoms with Crippen LogP contribution in [-0.2, 0) is 0 Å². The van der Waals surface area contributed by atoms with Crippen molar-refractivity contribution in [2.45, 2.75) is 32.7 Å². The number of rotatable bonds is 8. The molecule has 2 aromatic heterocycles. The minimum absolute atomic E-state index is 0.223. The highest BCUT2D eigenvalue weighted by Crippen LogP contribution is 2.30. The minimum Gasteiger partial charge on any atom is -0.491 e. The van der Waals surface area contributed by atoms with Crippen molar-refractivity contribution in [1.29, 1.82) is 0 Å². The third kappa shape index (κ3) is 5.29. The Kier molecular flexibility index (Phi) is 7.14. The molecule has 1 aliphatic heterocycles. The van der Waals surface area contributed by atoms with Gasteiger partial charge in [0.05, 0.1) is 27.0 Å². The summed E-state index contributed by atoms with van der Waals surface area (Å²) in [4.78, 5) is 11.5. The van der Waals surface area contributed by atoms with Crippen molar-refractivity contribution in [3.63, 3.8) is 0 Å². The highest BCUT2D eigenvalue weighted by molar-refractivity contribution is 5.47. The quantitative estimate of drug-likeness (QED) is 0.725. The third-order valence-electron chi connectivity index (χ3n) is 5.52. The number of piperidine rings is 1. The molecule has 3 heterocycles. The van der Waals surface area contributed by atoms with Crippen LogP contribution in [-0.4, -0.2) is 55.8 Å². The fourth-order valence-corrected chi connectivity index (χ4v) is 3.89. The molecule has 0 aromatic carbocycles. The standard InChI is InChI=1S/C22H32N4O3/c1-15-11-18(12-21(24-15)28-4)23-13-17-7-6-10-26(14-17)16(2)19-8-9-20(27-3)22(25-19)29-5/h8-9,11-12,16-17H,6-7,10,13-14H2,1-5H3,(H,23,24)/t16-,17?/m0/s1. The van der Waals surface area contributed by atoms with Gasteiger partial charge in [-0.3, -0.25) is 4.90 Å². The summed E-state index contributed by atoms with van der Waals surface area (Å²) in [7, 11) is 4.90. The Labute approximate surface area is 173 Å². The molecule has 0 spiro atoms. The predicted octanol–water partition coefficient (Wildman–Crippen LogP) is 3.70. The van der Waals surface area contributed by atoms with Crippen molar-refractivity contribution in [2.24, 2.45) is 5.92 Å². The van der Waals surface area contributed by atoms with E-state index in [2.05, 4.69) is 33.2 Å². The number of likely N-dealkylation sites (tertiary alicyclic amines) is 1. The van der Waals surface area contributed by atoms with E-state index >= 15 is 0 Å².